The predicted molar refractivity (Wildman–Crippen MR) is 69.1 cm³/mol. The fourth-order valence-corrected chi connectivity index (χ4v) is 3.64. The van der Waals surface area contributed by atoms with Gasteiger partial charge in [-0.15, -0.1) is 0 Å². The lowest BCUT2D eigenvalue weighted by Gasteiger charge is -2.17. The van der Waals surface area contributed by atoms with Crippen LogP contribution in [0.4, 0.5) is 5.69 Å². The number of aliphatic hydroxyl groups is 1. The maximum atomic E-state index is 11.4. The Kier molecular flexibility index (Phi) is 3.83. The molecule has 2 atom stereocenters. The smallest absolute Gasteiger partial charge is 0.339 e. The van der Waals surface area contributed by atoms with E-state index >= 15 is 0 Å². The minimum absolute atomic E-state index is 0.228. The minimum Gasteiger partial charge on any atom is -0.486 e. The van der Waals surface area contributed by atoms with Crippen LogP contribution in [0.25, 0.3) is 0 Å². The molecule has 0 radical (unpaired) electrons. The Morgan fingerprint density at radius 2 is 2.05 bits per heavy atom. The summed E-state index contributed by atoms with van der Waals surface area (Å²) in [5.74, 6) is -2.59. The summed E-state index contributed by atoms with van der Waals surface area (Å²) in [4.78, 5) is 21.0. The van der Waals surface area contributed by atoms with Gasteiger partial charge in [0.25, 0.3) is 5.69 Å². The first kappa shape index (κ1) is 15.2. The number of carboxylic acid groups (broad SMARTS) is 1. The van der Waals surface area contributed by atoms with Crippen LogP contribution >= 0.6 is 0 Å². The van der Waals surface area contributed by atoms with E-state index in [1.165, 1.54) is 0 Å². The van der Waals surface area contributed by atoms with E-state index in [0.29, 0.717) is 0 Å². The third-order valence-corrected chi connectivity index (χ3v) is 4.64. The lowest BCUT2D eigenvalue weighted by molar-refractivity contribution is -0.384. The summed E-state index contributed by atoms with van der Waals surface area (Å²) in [5, 5.41) is 29.3. The number of hydrogen-bond acceptors (Lipinski definition) is 7. The highest BCUT2D eigenvalue weighted by atomic mass is 32.2. The van der Waals surface area contributed by atoms with E-state index in [2.05, 4.69) is 0 Å². The Labute approximate surface area is 118 Å². The van der Waals surface area contributed by atoms with E-state index in [1.807, 2.05) is 0 Å². The highest BCUT2D eigenvalue weighted by molar-refractivity contribution is 7.91. The zero-order chi connectivity index (χ0) is 15.8. The second kappa shape index (κ2) is 5.30. The SMILES string of the molecule is O=C(O)c1cc([N+](=O)[O-])ccc1OC1CS(=O)(=O)CC1O. The van der Waals surface area contributed by atoms with E-state index in [1.54, 1.807) is 0 Å². The second-order valence-corrected chi connectivity index (χ2v) is 6.70. The average Bonchev–Trinajstić information content (AvgIpc) is 2.62. The number of sulfone groups is 1. The molecule has 114 valence electrons. The van der Waals surface area contributed by atoms with E-state index in [0.717, 1.165) is 18.2 Å². The van der Waals surface area contributed by atoms with Crippen molar-refractivity contribution in [3.8, 4) is 5.75 Å². The zero-order valence-corrected chi connectivity index (χ0v) is 11.3. The van der Waals surface area contributed by atoms with Gasteiger partial charge < -0.3 is 14.9 Å². The molecule has 1 fully saturated rings. The van der Waals surface area contributed by atoms with Gasteiger partial charge in [0.2, 0.25) is 0 Å². The summed E-state index contributed by atoms with van der Waals surface area (Å²) in [6.45, 7) is 0. The Morgan fingerprint density at radius 1 is 1.38 bits per heavy atom. The Bertz CT molecular complexity index is 698. The van der Waals surface area contributed by atoms with Gasteiger partial charge in [-0.05, 0) is 6.07 Å². The number of hydrogen-bond donors (Lipinski definition) is 2. The molecule has 2 rings (SSSR count). The van der Waals surface area contributed by atoms with Crippen LogP contribution in [0, 0.1) is 10.1 Å². The van der Waals surface area contributed by atoms with Crippen LogP contribution in [0.1, 0.15) is 10.4 Å². The molecule has 1 aliphatic rings. The van der Waals surface area contributed by atoms with Crippen molar-refractivity contribution in [2.75, 3.05) is 11.5 Å². The monoisotopic (exact) mass is 317 g/mol. The minimum atomic E-state index is -3.45. The van der Waals surface area contributed by atoms with Gasteiger partial charge >= 0.3 is 5.97 Å². The molecule has 0 aromatic heterocycles. The number of carbonyl (C=O) groups is 1. The lowest BCUT2D eigenvalue weighted by atomic mass is 10.1. The second-order valence-electron chi connectivity index (χ2n) is 4.54. The molecule has 2 N–H and O–H groups in total. The fourth-order valence-electron chi connectivity index (χ4n) is 1.97. The van der Waals surface area contributed by atoms with Crippen molar-refractivity contribution in [2.24, 2.45) is 0 Å². The zero-order valence-electron chi connectivity index (χ0n) is 10.5. The Balaban J connectivity index is 2.32. The molecule has 10 heteroatoms. The number of nitrogens with zero attached hydrogens (tertiary/aromatic N) is 1. The van der Waals surface area contributed by atoms with E-state index in [9.17, 15) is 28.4 Å². The van der Waals surface area contributed by atoms with E-state index in [4.69, 9.17) is 9.84 Å². The molecular formula is C11H11NO8S. The van der Waals surface area contributed by atoms with E-state index < -0.39 is 55.7 Å². The van der Waals surface area contributed by atoms with E-state index in [-0.39, 0.29) is 5.75 Å². The number of rotatable bonds is 4. The number of aliphatic hydroxyl groups excluding tert-OH is 1. The summed E-state index contributed by atoms with van der Waals surface area (Å²) in [6, 6.07) is 2.92. The molecule has 0 saturated carbocycles. The third kappa shape index (κ3) is 3.28. The molecule has 2 unspecified atom stereocenters. The number of carboxylic acids is 1. The number of aromatic carboxylic acids is 1. The van der Waals surface area contributed by atoms with Gasteiger partial charge in [0.15, 0.2) is 9.84 Å². The van der Waals surface area contributed by atoms with Crippen molar-refractivity contribution in [3.63, 3.8) is 0 Å². The van der Waals surface area contributed by atoms with Crippen molar-refractivity contribution in [1.82, 2.24) is 0 Å². The summed E-state index contributed by atoms with van der Waals surface area (Å²) in [7, 11) is -3.45. The highest BCUT2D eigenvalue weighted by Crippen LogP contribution is 2.27. The van der Waals surface area contributed by atoms with Crippen LogP contribution in [0.2, 0.25) is 0 Å². The molecule has 1 aromatic carbocycles. The Morgan fingerprint density at radius 3 is 2.52 bits per heavy atom. The molecule has 0 aliphatic carbocycles. The van der Waals surface area contributed by atoms with Crippen molar-refractivity contribution in [2.45, 2.75) is 12.2 Å². The maximum absolute atomic E-state index is 11.4. The summed E-state index contributed by atoms with van der Waals surface area (Å²) in [5.41, 5.74) is -0.903. The average molecular weight is 317 g/mol. The summed E-state index contributed by atoms with van der Waals surface area (Å²) >= 11 is 0. The van der Waals surface area contributed by atoms with Gasteiger partial charge in [0.1, 0.15) is 23.5 Å². The molecule has 0 bridgehead atoms. The molecular weight excluding hydrogens is 306 g/mol. The Hall–Kier alpha value is -2.20. The van der Waals surface area contributed by atoms with Crippen molar-refractivity contribution >= 4 is 21.5 Å². The highest BCUT2D eigenvalue weighted by Gasteiger charge is 2.38. The van der Waals surface area contributed by atoms with Crippen LogP contribution in [-0.4, -0.2) is 53.2 Å². The van der Waals surface area contributed by atoms with Crippen LogP contribution in [0.5, 0.6) is 5.75 Å². The van der Waals surface area contributed by atoms with Gasteiger partial charge in [-0.1, -0.05) is 0 Å². The molecule has 1 aromatic rings. The van der Waals surface area contributed by atoms with Gasteiger partial charge in [0.05, 0.1) is 16.4 Å². The first-order valence-electron chi connectivity index (χ1n) is 5.76. The largest absolute Gasteiger partial charge is 0.486 e. The first-order chi connectivity index (χ1) is 9.69. The number of ether oxygens (including phenoxy) is 1. The number of non-ortho nitro benzene ring substituents is 1. The van der Waals surface area contributed by atoms with Crippen LogP contribution in [0.3, 0.4) is 0 Å². The summed E-state index contributed by atoms with van der Waals surface area (Å²) in [6.07, 6.45) is -2.37. The van der Waals surface area contributed by atoms with Gasteiger partial charge in [-0.25, -0.2) is 13.2 Å². The molecule has 21 heavy (non-hydrogen) atoms. The van der Waals surface area contributed by atoms with Crippen molar-refractivity contribution in [3.05, 3.63) is 33.9 Å². The third-order valence-electron chi connectivity index (χ3n) is 2.95. The maximum Gasteiger partial charge on any atom is 0.339 e. The van der Waals surface area contributed by atoms with Crippen LogP contribution in [-0.2, 0) is 9.84 Å². The molecule has 0 spiro atoms. The van der Waals surface area contributed by atoms with Gasteiger partial charge in [-0.2, -0.15) is 0 Å². The number of nitro groups is 1. The quantitative estimate of drug-likeness (QED) is 0.575. The molecule has 9 nitrogen and oxygen atoms in total. The van der Waals surface area contributed by atoms with Crippen LogP contribution < -0.4 is 4.74 Å². The van der Waals surface area contributed by atoms with Gasteiger partial charge in [0, 0.05) is 12.1 Å². The standard InChI is InChI=1S/C11H11NO8S/c13-8-4-21(18,19)5-10(8)20-9-2-1-6(12(16)17)3-7(9)11(14)15/h1-3,8,10,13H,4-5H2,(H,14,15). The topological polar surface area (TPSA) is 144 Å². The van der Waals surface area contributed by atoms with Crippen LogP contribution in [0.15, 0.2) is 18.2 Å². The fraction of sp³-hybridized carbons (Fsp3) is 0.364. The number of nitro benzene ring substituents is 1. The lowest BCUT2D eigenvalue weighted by Crippen LogP contribution is -2.30. The normalized spacial score (nSPS) is 23.7. The summed E-state index contributed by atoms with van der Waals surface area (Å²) < 4.78 is 27.9. The molecule has 1 heterocycles. The molecule has 0 amide bonds. The molecule has 1 saturated heterocycles. The van der Waals surface area contributed by atoms with Crippen molar-refractivity contribution < 1.29 is 33.1 Å². The van der Waals surface area contributed by atoms with Crippen molar-refractivity contribution in [1.29, 1.82) is 0 Å². The van der Waals surface area contributed by atoms with Gasteiger partial charge in [-0.3, -0.25) is 10.1 Å². The predicted octanol–water partition coefficient (Wildman–Crippen LogP) is -0.170. The number of benzene rings is 1. The molecule has 1 aliphatic heterocycles. The first-order valence-corrected chi connectivity index (χ1v) is 7.58.